The lowest BCUT2D eigenvalue weighted by Crippen LogP contribution is -2.34. The van der Waals surface area contributed by atoms with Gasteiger partial charge in [-0.1, -0.05) is 26.7 Å². The molecule has 1 rings (SSSR count). The molecule has 0 aromatic heterocycles. The average Bonchev–Trinajstić information content (AvgIpc) is 2.01. The molecule has 0 aromatic rings. The molecular formula is C12H25N. The van der Waals surface area contributed by atoms with Crippen LogP contribution >= 0.6 is 0 Å². The van der Waals surface area contributed by atoms with Crippen molar-refractivity contribution in [3.05, 3.63) is 0 Å². The van der Waals surface area contributed by atoms with E-state index >= 15 is 0 Å². The first-order valence-corrected chi connectivity index (χ1v) is 5.95. The monoisotopic (exact) mass is 183 g/mol. The highest BCUT2D eigenvalue weighted by Crippen LogP contribution is 2.25. The molecule has 0 saturated heterocycles. The van der Waals surface area contributed by atoms with Crippen molar-refractivity contribution < 1.29 is 0 Å². The zero-order valence-electron chi connectivity index (χ0n) is 9.47. The lowest BCUT2D eigenvalue weighted by molar-refractivity contribution is 0.282. The van der Waals surface area contributed by atoms with E-state index in [4.69, 9.17) is 0 Å². The van der Waals surface area contributed by atoms with Gasteiger partial charge >= 0.3 is 0 Å². The molecule has 1 aliphatic rings. The molecule has 13 heavy (non-hydrogen) atoms. The molecule has 0 heterocycles. The molecule has 1 fully saturated rings. The molecule has 0 amide bonds. The van der Waals surface area contributed by atoms with Crippen LogP contribution in [-0.4, -0.2) is 12.6 Å². The fraction of sp³-hybridized carbons (Fsp3) is 1.00. The molecule has 1 N–H and O–H groups in total. The Morgan fingerprint density at radius 2 is 2.00 bits per heavy atom. The third kappa shape index (κ3) is 4.12. The van der Waals surface area contributed by atoms with Crippen molar-refractivity contribution in [2.75, 3.05) is 6.54 Å². The highest BCUT2D eigenvalue weighted by Gasteiger charge is 2.17. The molecule has 0 radical (unpaired) electrons. The van der Waals surface area contributed by atoms with Gasteiger partial charge < -0.3 is 5.32 Å². The summed E-state index contributed by atoms with van der Waals surface area (Å²) in [4.78, 5) is 0. The smallest absolute Gasteiger partial charge is 0.00413 e. The van der Waals surface area contributed by atoms with Crippen molar-refractivity contribution in [2.24, 2.45) is 11.8 Å². The minimum Gasteiger partial charge on any atom is -0.314 e. The van der Waals surface area contributed by atoms with Crippen LogP contribution in [0.4, 0.5) is 0 Å². The van der Waals surface area contributed by atoms with Crippen molar-refractivity contribution in [3.63, 3.8) is 0 Å². The van der Waals surface area contributed by atoms with Crippen LogP contribution in [0.5, 0.6) is 0 Å². The molecular weight excluding hydrogens is 158 g/mol. The largest absolute Gasteiger partial charge is 0.314 e. The van der Waals surface area contributed by atoms with E-state index in [1.807, 2.05) is 0 Å². The maximum absolute atomic E-state index is 3.65. The highest BCUT2D eigenvalue weighted by molar-refractivity contribution is 4.74. The van der Waals surface area contributed by atoms with E-state index in [0.717, 1.165) is 17.9 Å². The minimum absolute atomic E-state index is 0.718. The lowest BCUT2D eigenvalue weighted by Gasteiger charge is -2.28. The summed E-state index contributed by atoms with van der Waals surface area (Å²) in [5.74, 6) is 1.88. The van der Waals surface area contributed by atoms with Crippen LogP contribution in [-0.2, 0) is 0 Å². The second-order valence-corrected chi connectivity index (χ2v) is 4.86. The van der Waals surface area contributed by atoms with Crippen LogP contribution in [0.15, 0.2) is 0 Å². The first-order chi connectivity index (χ1) is 6.22. The van der Waals surface area contributed by atoms with Gasteiger partial charge in [-0.25, -0.2) is 0 Å². The van der Waals surface area contributed by atoms with Gasteiger partial charge in [0.15, 0.2) is 0 Å². The predicted molar refractivity (Wildman–Crippen MR) is 58.9 cm³/mol. The van der Waals surface area contributed by atoms with E-state index in [2.05, 4.69) is 26.1 Å². The third-order valence-corrected chi connectivity index (χ3v) is 3.43. The van der Waals surface area contributed by atoms with Gasteiger partial charge in [0.25, 0.3) is 0 Å². The van der Waals surface area contributed by atoms with E-state index in [1.54, 1.807) is 0 Å². The Hall–Kier alpha value is -0.0400. The Morgan fingerprint density at radius 1 is 1.31 bits per heavy atom. The van der Waals surface area contributed by atoms with Crippen LogP contribution in [0.1, 0.15) is 52.9 Å². The zero-order chi connectivity index (χ0) is 9.68. The SMILES string of the molecule is CCC(C)CC(C)NCC1CCC1. The lowest BCUT2D eigenvalue weighted by atomic mass is 9.85. The van der Waals surface area contributed by atoms with E-state index in [0.29, 0.717) is 0 Å². The molecule has 1 heteroatoms. The summed E-state index contributed by atoms with van der Waals surface area (Å²) in [6.45, 7) is 8.22. The van der Waals surface area contributed by atoms with Gasteiger partial charge in [0.05, 0.1) is 0 Å². The molecule has 2 unspecified atom stereocenters. The third-order valence-electron chi connectivity index (χ3n) is 3.43. The van der Waals surface area contributed by atoms with Gasteiger partial charge in [-0.2, -0.15) is 0 Å². The first kappa shape index (κ1) is 11.0. The van der Waals surface area contributed by atoms with E-state index in [-0.39, 0.29) is 0 Å². The van der Waals surface area contributed by atoms with Crippen LogP contribution in [0.25, 0.3) is 0 Å². The maximum Gasteiger partial charge on any atom is 0.00413 e. The molecule has 1 saturated carbocycles. The molecule has 0 bridgehead atoms. The molecule has 1 nitrogen and oxygen atoms in total. The molecule has 0 aliphatic heterocycles. The summed E-state index contributed by atoms with van der Waals surface area (Å²) in [5, 5.41) is 3.65. The predicted octanol–water partition coefficient (Wildman–Crippen LogP) is 3.20. The average molecular weight is 183 g/mol. The van der Waals surface area contributed by atoms with Gasteiger partial charge in [0.1, 0.15) is 0 Å². The Bertz CT molecular complexity index is 129. The molecule has 0 aromatic carbocycles. The minimum atomic E-state index is 0.718. The fourth-order valence-electron chi connectivity index (χ4n) is 1.92. The normalized spacial score (nSPS) is 22.4. The van der Waals surface area contributed by atoms with Gasteiger partial charge in [-0.05, 0) is 44.6 Å². The van der Waals surface area contributed by atoms with Gasteiger partial charge in [-0.15, -0.1) is 0 Å². The van der Waals surface area contributed by atoms with Crippen molar-refractivity contribution in [1.82, 2.24) is 5.32 Å². The zero-order valence-corrected chi connectivity index (χ0v) is 9.47. The van der Waals surface area contributed by atoms with Crippen LogP contribution in [0.2, 0.25) is 0 Å². The summed E-state index contributed by atoms with van der Waals surface area (Å²) in [6.07, 6.45) is 7.04. The number of hydrogen-bond acceptors (Lipinski definition) is 1. The summed E-state index contributed by atoms with van der Waals surface area (Å²) in [7, 11) is 0. The van der Waals surface area contributed by atoms with E-state index in [9.17, 15) is 0 Å². The van der Waals surface area contributed by atoms with Crippen molar-refractivity contribution >= 4 is 0 Å². The summed E-state index contributed by atoms with van der Waals surface area (Å²) >= 11 is 0. The summed E-state index contributed by atoms with van der Waals surface area (Å²) in [5.41, 5.74) is 0. The maximum atomic E-state index is 3.65. The topological polar surface area (TPSA) is 12.0 Å². The summed E-state index contributed by atoms with van der Waals surface area (Å²) in [6, 6.07) is 0.718. The number of hydrogen-bond donors (Lipinski definition) is 1. The quantitative estimate of drug-likeness (QED) is 0.667. The first-order valence-electron chi connectivity index (χ1n) is 5.95. The Labute approximate surface area is 83.3 Å². The Kier molecular flexibility index (Phi) is 4.79. The van der Waals surface area contributed by atoms with Crippen LogP contribution in [0, 0.1) is 11.8 Å². The molecule has 1 aliphatic carbocycles. The van der Waals surface area contributed by atoms with Crippen LogP contribution < -0.4 is 5.32 Å². The molecule has 2 atom stereocenters. The van der Waals surface area contributed by atoms with Gasteiger partial charge in [0, 0.05) is 6.04 Å². The van der Waals surface area contributed by atoms with E-state index in [1.165, 1.54) is 38.6 Å². The second kappa shape index (κ2) is 5.64. The number of nitrogens with one attached hydrogen (secondary N) is 1. The van der Waals surface area contributed by atoms with Crippen LogP contribution in [0.3, 0.4) is 0 Å². The van der Waals surface area contributed by atoms with Crippen molar-refractivity contribution in [2.45, 2.75) is 58.9 Å². The van der Waals surface area contributed by atoms with Crippen molar-refractivity contribution in [3.8, 4) is 0 Å². The second-order valence-electron chi connectivity index (χ2n) is 4.86. The Balaban J connectivity index is 1.99. The number of rotatable bonds is 6. The summed E-state index contributed by atoms with van der Waals surface area (Å²) < 4.78 is 0. The Morgan fingerprint density at radius 3 is 2.46 bits per heavy atom. The van der Waals surface area contributed by atoms with E-state index < -0.39 is 0 Å². The molecule has 0 spiro atoms. The van der Waals surface area contributed by atoms with Gasteiger partial charge in [-0.3, -0.25) is 0 Å². The van der Waals surface area contributed by atoms with Gasteiger partial charge in [0.2, 0.25) is 0 Å². The molecule has 78 valence electrons. The van der Waals surface area contributed by atoms with Crippen molar-refractivity contribution in [1.29, 1.82) is 0 Å². The fourth-order valence-corrected chi connectivity index (χ4v) is 1.92. The highest BCUT2D eigenvalue weighted by atomic mass is 14.9. The standard InChI is InChI=1S/C12H25N/c1-4-10(2)8-11(3)13-9-12-6-5-7-12/h10-13H,4-9H2,1-3H3.